The number of ether oxygens (including phenoxy) is 1. The summed E-state index contributed by atoms with van der Waals surface area (Å²) in [5.41, 5.74) is 0.891. The molecule has 1 amide bonds. The van der Waals surface area contributed by atoms with Crippen LogP contribution in [0.25, 0.3) is 0 Å². The van der Waals surface area contributed by atoms with Crippen molar-refractivity contribution >= 4 is 45.3 Å². The molecule has 7 heteroatoms. The quantitative estimate of drug-likeness (QED) is 0.818. The maximum Gasteiger partial charge on any atom is 0.320 e. The summed E-state index contributed by atoms with van der Waals surface area (Å²) in [7, 11) is 1.37. The van der Waals surface area contributed by atoms with E-state index in [1.807, 2.05) is 24.3 Å². The molecule has 1 heterocycles. The second-order valence-electron chi connectivity index (χ2n) is 4.58. The van der Waals surface area contributed by atoms with Crippen LogP contribution in [0.4, 0.5) is 5.69 Å². The van der Waals surface area contributed by atoms with Gasteiger partial charge in [-0.05, 0) is 24.3 Å². The number of benzene rings is 1. The van der Waals surface area contributed by atoms with Crippen LogP contribution in [0.5, 0.6) is 0 Å². The van der Waals surface area contributed by atoms with Crippen LogP contribution in [-0.4, -0.2) is 54.5 Å². The molecule has 2 rings (SSSR count). The Bertz CT molecular complexity index is 509. The molecule has 0 aliphatic carbocycles. The minimum Gasteiger partial charge on any atom is -0.468 e. The molecule has 114 valence electrons. The van der Waals surface area contributed by atoms with Gasteiger partial charge in [0.15, 0.2) is 0 Å². The van der Waals surface area contributed by atoms with Gasteiger partial charge in [0.1, 0.15) is 5.25 Å². The average Bonchev–Trinajstić information content (AvgIpc) is 2.53. The van der Waals surface area contributed by atoms with Crippen molar-refractivity contribution in [2.24, 2.45) is 0 Å². The second-order valence-corrected chi connectivity index (χ2v) is 6.81. The Kier molecular flexibility index (Phi) is 5.93. The Balaban J connectivity index is 1.85. The van der Waals surface area contributed by atoms with Gasteiger partial charge in [-0.3, -0.25) is 9.59 Å². The Labute approximate surface area is 136 Å². The average molecular weight is 373 g/mol. The molecule has 21 heavy (non-hydrogen) atoms. The van der Waals surface area contributed by atoms with E-state index in [0.717, 1.165) is 15.9 Å². The highest BCUT2D eigenvalue weighted by atomic mass is 79.9. The lowest BCUT2D eigenvalue weighted by Crippen LogP contribution is -2.46. The van der Waals surface area contributed by atoms with Gasteiger partial charge in [-0.15, -0.1) is 11.8 Å². The zero-order chi connectivity index (χ0) is 15.2. The van der Waals surface area contributed by atoms with Gasteiger partial charge in [0.05, 0.1) is 13.7 Å². The van der Waals surface area contributed by atoms with E-state index in [2.05, 4.69) is 21.2 Å². The van der Waals surface area contributed by atoms with Crippen molar-refractivity contribution in [1.29, 1.82) is 0 Å². The molecule has 1 N–H and O–H groups in total. The number of amides is 1. The second kappa shape index (κ2) is 7.70. The van der Waals surface area contributed by atoms with Gasteiger partial charge in [-0.25, -0.2) is 0 Å². The smallest absolute Gasteiger partial charge is 0.320 e. The highest BCUT2D eigenvalue weighted by Crippen LogP contribution is 2.20. The first-order valence-electron chi connectivity index (χ1n) is 6.57. The predicted molar refractivity (Wildman–Crippen MR) is 87.5 cm³/mol. The molecule has 1 aliphatic rings. The first-order chi connectivity index (χ1) is 10.1. The number of carbonyl (C=O) groups is 2. The zero-order valence-corrected chi connectivity index (χ0v) is 14.1. The van der Waals surface area contributed by atoms with Crippen LogP contribution in [0.3, 0.4) is 0 Å². The number of hydrogen-bond donors (Lipinski definition) is 1. The standard InChI is InChI=1S/C14H17BrN2O3S/c1-20-14(19)12-9-17(6-7-21-12)13(18)8-16-11-4-2-10(15)3-5-11/h2-5,12,16H,6-9H2,1H3/t12-/m0/s1. The summed E-state index contributed by atoms with van der Waals surface area (Å²) in [5.74, 6) is 0.481. The minimum atomic E-state index is -0.277. The number of carbonyl (C=O) groups excluding carboxylic acids is 2. The lowest BCUT2D eigenvalue weighted by Gasteiger charge is -2.31. The van der Waals surface area contributed by atoms with Gasteiger partial charge in [-0.1, -0.05) is 15.9 Å². The van der Waals surface area contributed by atoms with Crippen LogP contribution in [0.2, 0.25) is 0 Å². The van der Waals surface area contributed by atoms with Gasteiger partial charge in [0.25, 0.3) is 0 Å². The molecule has 5 nitrogen and oxygen atoms in total. The molecule has 1 aromatic carbocycles. The van der Waals surface area contributed by atoms with Crippen LogP contribution < -0.4 is 5.32 Å². The molecule has 1 fully saturated rings. The van der Waals surface area contributed by atoms with Crippen molar-refractivity contribution in [3.05, 3.63) is 28.7 Å². The van der Waals surface area contributed by atoms with Gasteiger partial charge in [0, 0.05) is 29.0 Å². The van der Waals surface area contributed by atoms with Crippen molar-refractivity contribution in [3.8, 4) is 0 Å². The molecule has 1 aliphatic heterocycles. The van der Waals surface area contributed by atoms with Crippen LogP contribution in [0, 0.1) is 0 Å². The topological polar surface area (TPSA) is 58.6 Å². The van der Waals surface area contributed by atoms with E-state index < -0.39 is 0 Å². The van der Waals surface area contributed by atoms with Crippen molar-refractivity contribution < 1.29 is 14.3 Å². The Morgan fingerprint density at radius 3 is 2.81 bits per heavy atom. The SMILES string of the molecule is COC(=O)[C@@H]1CN(C(=O)CNc2ccc(Br)cc2)CCS1. The number of anilines is 1. The van der Waals surface area contributed by atoms with E-state index in [9.17, 15) is 9.59 Å². The van der Waals surface area contributed by atoms with E-state index in [1.54, 1.807) is 4.90 Å². The molecular formula is C14H17BrN2O3S. The summed E-state index contributed by atoms with van der Waals surface area (Å²) >= 11 is 4.90. The van der Waals surface area contributed by atoms with Crippen molar-refractivity contribution in [3.63, 3.8) is 0 Å². The first-order valence-corrected chi connectivity index (χ1v) is 8.41. The van der Waals surface area contributed by atoms with Crippen LogP contribution in [0.15, 0.2) is 28.7 Å². The fourth-order valence-electron chi connectivity index (χ4n) is 2.01. The van der Waals surface area contributed by atoms with Gasteiger partial charge >= 0.3 is 5.97 Å². The Morgan fingerprint density at radius 1 is 1.43 bits per heavy atom. The largest absolute Gasteiger partial charge is 0.468 e. The van der Waals surface area contributed by atoms with E-state index >= 15 is 0 Å². The molecule has 1 saturated heterocycles. The van der Waals surface area contributed by atoms with E-state index in [4.69, 9.17) is 4.74 Å². The Hall–Kier alpha value is -1.21. The van der Waals surface area contributed by atoms with Crippen molar-refractivity contribution in [2.45, 2.75) is 5.25 Å². The lowest BCUT2D eigenvalue weighted by atomic mass is 10.3. The zero-order valence-electron chi connectivity index (χ0n) is 11.7. The minimum absolute atomic E-state index is 0.00729. The number of rotatable bonds is 4. The summed E-state index contributed by atoms with van der Waals surface area (Å²) in [4.78, 5) is 25.4. The molecular weight excluding hydrogens is 356 g/mol. The highest BCUT2D eigenvalue weighted by Gasteiger charge is 2.29. The van der Waals surface area contributed by atoms with Crippen LogP contribution in [-0.2, 0) is 14.3 Å². The first kappa shape index (κ1) is 16.2. The molecule has 1 atom stereocenters. The number of esters is 1. The van der Waals surface area contributed by atoms with Crippen molar-refractivity contribution in [1.82, 2.24) is 4.90 Å². The van der Waals surface area contributed by atoms with Gasteiger partial charge < -0.3 is 15.0 Å². The number of methoxy groups -OCH3 is 1. The molecule has 0 radical (unpaired) electrons. The fraction of sp³-hybridized carbons (Fsp3) is 0.429. The third-order valence-electron chi connectivity index (χ3n) is 3.17. The number of hydrogen-bond acceptors (Lipinski definition) is 5. The summed E-state index contributed by atoms with van der Waals surface area (Å²) in [6.45, 7) is 1.30. The summed E-state index contributed by atoms with van der Waals surface area (Å²) < 4.78 is 5.73. The summed E-state index contributed by atoms with van der Waals surface area (Å²) in [6.07, 6.45) is 0. The van der Waals surface area contributed by atoms with Gasteiger partial charge in [0.2, 0.25) is 5.91 Å². The third kappa shape index (κ3) is 4.64. The predicted octanol–water partition coefficient (Wildman–Crippen LogP) is 1.98. The monoisotopic (exact) mass is 372 g/mol. The number of thioether (sulfide) groups is 1. The highest BCUT2D eigenvalue weighted by molar-refractivity contribution is 9.10. The van der Waals surface area contributed by atoms with E-state index in [0.29, 0.717) is 13.1 Å². The maximum absolute atomic E-state index is 12.2. The van der Waals surface area contributed by atoms with Crippen molar-refractivity contribution in [2.75, 3.05) is 37.8 Å². The van der Waals surface area contributed by atoms with Gasteiger partial charge in [-0.2, -0.15) is 0 Å². The summed E-state index contributed by atoms with van der Waals surface area (Å²) in [5, 5.41) is 2.81. The molecule has 0 spiro atoms. The number of halogens is 1. The molecule has 1 aromatic rings. The fourth-order valence-corrected chi connectivity index (χ4v) is 3.40. The normalized spacial score (nSPS) is 18.2. The lowest BCUT2D eigenvalue weighted by molar-refractivity contribution is -0.141. The Morgan fingerprint density at radius 2 is 2.14 bits per heavy atom. The molecule has 0 aromatic heterocycles. The van der Waals surface area contributed by atoms with E-state index in [-0.39, 0.29) is 23.7 Å². The van der Waals surface area contributed by atoms with E-state index in [1.165, 1.54) is 18.9 Å². The summed E-state index contributed by atoms with van der Waals surface area (Å²) in [6, 6.07) is 7.64. The maximum atomic E-state index is 12.2. The molecule has 0 bridgehead atoms. The molecule has 0 saturated carbocycles. The molecule has 0 unspecified atom stereocenters. The number of nitrogens with zero attached hydrogens (tertiary/aromatic N) is 1. The van der Waals surface area contributed by atoms with Crippen LogP contribution in [0.1, 0.15) is 0 Å². The number of nitrogens with one attached hydrogen (secondary N) is 1. The third-order valence-corrected chi connectivity index (χ3v) is 4.86. The van der Waals surface area contributed by atoms with Crippen LogP contribution >= 0.6 is 27.7 Å².